The van der Waals surface area contributed by atoms with E-state index in [1.807, 2.05) is 0 Å². The first-order chi connectivity index (χ1) is 8.19. The van der Waals surface area contributed by atoms with Crippen LogP contribution >= 0.6 is 0 Å². The Morgan fingerprint density at radius 1 is 1.29 bits per heavy atom. The summed E-state index contributed by atoms with van der Waals surface area (Å²) in [7, 11) is 0. The van der Waals surface area contributed by atoms with Crippen molar-refractivity contribution in [1.29, 1.82) is 0 Å². The molecule has 2 rings (SSSR count). The first-order valence-electron chi connectivity index (χ1n) is 7.59. The van der Waals surface area contributed by atoms with Crippen LogP contribution in [-0.2, 0) is 4.74 Å². The van der Waals surface area contributed by atoms with Gasteiger partial charge in [0.05, 0.1) is 5.60 Å². The van der Waals surface area contributed by atoms with E-state index >= 15 is 0 Å². The number of rotatable bonds is 5. The quantitative estimate of drug-likeness (QED) is 0.793. The molecular weight excluding hydrogens is 210 g/mol. The van der Waals surface area contributed by atoms with E-state index in [4.69, 9.17) is 4.74 Å². The minimum atomic E-state index is 0.281. The van der Waals surface area contributed by atoms with E-state index in [1.165, 1.54) is 44.9 Å². The van der Waals surface area contributed by atoms with Crippen molar-refractivity contribution >= 4 is 0 Å². The van der Waals surface area contributed by atoms with Gasteiger partial charge in [-0.2, -0.15) is 0 Å². The van der Waals surface area contributed by atoms with Crippen LogP contribution in [0.25, 0.3) is 0 Å². The molecule has 0 amide bonds. The summed E-state index contributed by atoms with van der Waals surface area (Å²) in [5.41, 5.74) is 0.281. The predicted molar refractivity (Wildman–Crippen MR) is 72.2 cm³/mol. The lowest BCUT2D eigenvalue weighted by Gasteiger charge is -2.48. The molecule has 2 aliphatic rings. The van der Waals surface area contributed by atoms with Crippen LogP contribution in [0.5, 0.6) is 0 Å². The molecule has 100 valence electrons. The second kappa shape index (κ2) is 5.71. The highest BCUT2D eigenvalue weighted by Crippen LogP contribution is 2.42. The zero-order chi connectivity index (χ0) is 12.3. The summed E-state index contributed by atoms with van der Waals surface area (Å²) in [4.78, 5) is 0. The lowest BCUT2D eigenvalue weighted by molar-refractivity contribution is -0.136. The van der Waals surface area contributed by atoms with Crippen molar-refractivity contribution in [2.45, 2.75) is 83.4 Å². The van der Waals surface area contributed by atoms with E-state index in [0.29, 0.717) is 12.1 Å². The highest BCUT2D eigenvalue weighted by atomic mass is 16.5. The molecule has 2 fully saturated rings. The minimum Gasteiger partial charge on any atom is -0.375 e. The van der Waals surface area contributed by atoms with E-state index in [0.717, 1.165) is 12.5 Å². The van der Waals surface area contributed by atoms with Crippen LogP contribution in [0.2, 0.25) is 0 Å². The lowest BCUT2D eigenvalue weighted by Crippen LogP contribution is -2.53. The molecule has 2 atom stereocenters. The Morgan fingerprint density at radius 2 is 2.00 bits per heavy atom. The Morgan fingerprint density at radius 3 is 2.53 bits per heavy atom. The Kier molecular flexibility index (Phi) is 4.48. The molecule has 0 aromatic heterocycles. The van der Waals surface area contributed by atoms with Crippen molar-refractivity contribution in [3.63, 3.8) is 0 Å². The number of nitrogens with one attached hydrogen (secondary N) is 1. The van der Waals surface area contributed by atoms with Crippen molar-refractivity contribution in [3.05, 3.63) is 0 Å². The molecule has 0 aromatic carbocycles. The molecular formula is C15H29NO. The normalized spacial score (nSPS) is 29.3. The van der Waals surface area contributed by atoms with Crippen LogP contribution in [0.15, 0.2) is 0 Å². The van der Waals surface area contributed by atoms with Gasteiger partial charge < -0.3 is 10.1 Å². The third kappa shape index (κ3) is 3.03. The van der Waals surface area contributed by atoms with Gasteiger partial charge in [-0.3, -0.25) is 0 Å². The van der Waals surface area contributed by atoms with Gasteiger partial charge in [-0.15, -0.1) is 0 Å². The summed E-state index contributed by atoms with van der Waals surface area (Å²) in [6.45, 7) is 7.95. The van der Waals surface area contributed by atoms with Crippen LogP contribution < -0.4 is 5.32 Å². The van der Waals surface area contributed by atoms with E-state index < -0.39 is 0 Å². The molecule has 1 N–H and O–H groups in total. The van der Waals surface area contributed by atoms with Gasteiger partial charge in [0.25, 0.3) is 0 Å². The van der Waals surface area contributed by atoms with Crippen LogP contribution in [0.4, 0.5) is 0 Å². The molecule has 0 radical (unpaired) electrons. The summed E-state index contributed by atoms with van der Waals surface area (Å²) in [6, 6.07) is 1.35. The molecule has 0 aromatic rings. The van der Waals surface area contributed by atoms with Crippen LogP contribution in [-0.4, -0.2) is 24.3 Å². The Labute approximate surface area is 107 Å². The van der Waals surface area contributed by atoms with Gasteiger partial charge in [-0.25, -0.2) is 0 Å². The molecule has 2 nitrogen and oxygen atoms in total. The second-order valence-corrected chi connectivity index (χ2v) is 6.11. The first kappa shape index (κ1) is 13.4. The Hall–Kier alpha value is -0.0800. The number of ether oxygens (including phenoxy) is 1. The molecule has 1 saturated carbocycles. The van der Waals surface area contributed by atoms with Crippen molar-refractivity contribution in [1.82, 2.24) is 5.32 Å². The van der Waals surface area contributed by atoms with E-state index in [9.17, 15) is 0 Å². The van der Waals surface area contributed by atoms with Crippen molar-refractivity contribution in [2.75, 3.05) is 6.61 Å². The third-order valence-electron chi connectivity index (χ3n) is 5.01. The zero-order valence-corrected chi connectivity index (χ0v) is 11.8. The average Bonchev–Trinajstić information content (AvgIpc) is 2.29. The van der Waals surface area contributed by atoms with Gasteiger partial charge in [-0.05, 0) is 44.9 Å². The van der Waals surface area contributed by atoms with Gasteiger partial charge in [0.1, 0.15) is 0 Å². The van der Waals surface area contributed by atoms with Gasteiger partial charge in [0, 0.05) is 18.7 Å². The van der Waals surface area contributed by atoms with E-state index in [1.54, 1.807) is 0 Å². The van der Waals surface area contributed by atoms with Gasteiger partial charge in [-0.1, -0.05) is 26.7 Å². The second-order valence-electron chi connectivity index (χ2n) is 6.11. The topological polar surface area (TPSA) is 21.3 Å². The summed E-state index contributed by atoms with van der Waals surface area (Å²) in [5.74, 6) is 0.829. The maximum Gasteiger partial charge on any atom is 0.0697 e. The molecule has 1 saturated heterocycles. The Balaban J connectivity index is 1.81. The summed E-state index contributed by atoms with van der Waals surface area (Å²) in [5, 5.41) is 3.86. The number of hydrogen-bond donors (Lipinski definition) is 1. The molecule has 1 heterocycles. The van der Waals surface area contributed by atoms with E-state index in [-0.39, 0.29) is 5.60 Å². The standard InChI is InChI=1S/C15H29NO/c1-4-13(5-2)12(3)16-14-7-10-17-15(11-14)8-6-9-15/h12-14,16H,4-11H2,1-3H3. The lowest BCUT2D eigenvalue weighted by atomic mass is 9.73. The predicted octanol–water partition coefficient (Wildman–Crippen LogP) is 3.50. The molecule has 2 heteroatoms. The molecule has 1 aliphatic heterocycles. The van der Waals surface area contributed by atoms with Crippen molar-refractivity contribution in [2.24, 2.45) is 5.92 Å². The fourth-order valence-electron chi connectivity index (χ4n) is 3.59. The summed E-state index contributed by atoms with van der Waals surface area (Å²) >= 11 is 0. The largest absolute Gasteiger partial charge is 0.375 e. The SMILES string of the molecule is CCC(CC)C(C)NC1CCOC2(CCC2)C1. The minimum absolute atomic E-state index is 0.281. The highest BCUT2D eigenvalue weighted by molar-refractivity contribution is 4.96. The average molecular weight is 239 g/mol. The molecule has 17 heavy (non-hydrogen) atoms. The summed E-state index contributed by atoms with van der Waals surface area (Å²) in [6.07, 6.45) is 8.99. The highest BCUT2D eigenvalue weighted by Gasteiger charge is 2.42. The summed E-state index contributed by atoms with van der Waals surface area (Å²) < 4.78 is 5.99. The molecule has 0 bridgehead atoms. The maximum absolute atomic E-state index is 5.99. The van der Waals surface area contributed by atoms with Gasteiger partial charge >= 0.3 is 0 Å². The molecule has 1 aliphatic carbocycles. The van der Waals surface area contributed by atoms with Crippen LogP contribution in [0, 0.1) is 5.92 Å². The molecule has 2 unspecified atom stereocenters. The molecule has 1 spiro atoms. The fraction of sp³-hybridized carbons (Fsp3) is 1.00. The zero-order valence-electron chi connectivity index (χ0n) is 11.8. The maximum atomic E-state index is 5.99. The Bertz CT molecular complexity index is 233. The third-order valence-corrected chi connectivity index (χ3v) is 5.01. The first-order valence-corrected chi connectivity index (χ1v) is 7.59. The smallest absolute Gasteiger partial charge is 0.0697 e. The van der Waals surface area contributed by atoms with Gasteiger partial charge in [0.2, 0.25) is 0 Å². The van der Waals surface area contributed by atoms with Gasteiger partial charge in [0.15, 0.2) is 0 Å². The van der Waals surface area contributed by atoms with Crippen molar-refractivity contribution < 1.29 is 4.74 Å². The monoisotopic (exact) mass is 239 g/mol. The van der Waals surface area contributed by atoms with Crippen molar-refractivity contribution in [3.8, 4) is 0 Å². The fourth-order valence-corrected chi connectivity index (χ4v) is 3.59. The number of hydrogen-bond acceptors (Lipinski definition) is 2. The van der Waals surface area contributed by atoms with E-state index in [2.05, 4.69) is 26.1 Å². The van der Waals surface area contributed by atoms with Crippen LogP contribution in [0.1, 0.15) is 65.7 Å². The van der Waals surface area contributed by atoms with Crippen LogP contribution in [0.3, 0.4) is 0 Å².